The zero-order valence-electron chi connectivity index (χ0n) is 9.34. The van der Waals surface area contributed by atoms with E-state index in [1.807, 2.05) is 24.3 Å². The average molecular weight is 260 g/mol. The monoisotopic (exact) mass is 259 g/mol. The molecule has 6 heteroatoms. The van der Waals surface area contributed by atoms with Gasteiger partial charge in [-0.15, -0.1) is 0 Å². The maximum absolute atomic E-state index is 5.83. The van der Waals surface area contributed by atoms with Crippen molar-refractivity contribution in [3.63, 3.8) is 0 Å². The molecule has 0 bridgehead atoms. The second-order valence-corrected chi connectivity index (χ2v) is 4.29. The molecule has 5 nitrogen and oxygen atoms in total. The van der Waals surface area contributed by atoms with Crippen LogP contribution in [0.4, 0.5) is 5.82 Å². The van der Waals surface area contributed by atoms with E-state index in [2.05, 4.69) is 15.3 Å². The fourth-order valence-corrected chi connectivity index (χ4v) is 1.86. The molecule has 0 unspecified atom stereocenters. The van der Waals surface area contributed by atoms with Crippen LogP contribution in [0.3, 0.4) is 0 Å². The van der Waals surface area contributed by atoms with Crippen molar-refractivity contribution in [2.24, 2.45) is 0 Å². The second kappa shape index (κ2) is 4.19. The summed E-state index contributed by atoms with van der Waals surface area (Å²) >= 11 is 5.83. The molecule has 90 valence electrons. The largest absolute Gasteiger partial charge is 0.382 e. The number of nitrogens with two attached hydrogens (primary N) is 1. The van der Waals surface area contributed by atoms with E-state index in [1.54, 1.807) is 23.1 Å². The molecule has 1 aromatic carbocycles. The summed E-state index contributed by atoms with van der Waals surface area (Å²) in [6.45, 7) is 0. The van der Waals surface area contributed by atoms with Crippen LogP contribution < -0.4 is 5.73 Å². The van der Waals surface area contributed by atoms with Gasteiger partial charge in [0.15, 0.2) is 0 Å². The minimum Gasteiger partial charge on any atom is -0.382 e. The van der Waals surface area contributed by atoms with Crippen LogP contribution >= 0.6 is 11.6 Å². The Morgan fingerprint density at radius 2 is 2.00 bits per heavy atom. The van der Waals surface area contributed by atoms with Crippen molar-refractivity contribution in [1.29, 1.82) is 0 Å². The van der Waals surface area contributed by atoms with Gasteiger partial charge in [0.2, 0.25) is 0 Å². The number of nitrogen functional groups attached to an aromatic ring is 1. The molecule has 0 aliphatic carbocycles. The molecule has 0 aliphatic heterocycles. The molecular weight excluding hydrogens is 250 g/mol. The van der Waals surface area contributed by atoms with E-state index in [1.165, 1.54) is 0 Å². The van der Waals surface area contributed by atoms with Gasteiger partial charge >= 0.3 is 0 Å². The quantitative estimate of drug-likeness (QED) is 0.743. The molecule has 2 aromatic heterocycles. The van der Waals surface area contributed by atoms with Crippen LogP contribution in [0.15, 0.2) is 42.7 Å². The third-order valence-electron chi connectivity index (χ3n) is 2.59. The number of hydrogen-bond acceptors (Lipinski definition) is 3. The zero-order chi connectivity index (χ0) is 12.5. The van der Waals surface area contributed by atoms with Gasteiger partial charge in [0, 0.05) is 12.3 Å². The van der Waals surface area contributed by atoms with Gasteiger partial charge < -0.3 is 5.73 Å². The number of benzene rings is 1. The van der Waals surface area contributed by atoms with Gasteiger partial charge in [-0.05, 0) is 17.7 Å². The third kappa shape index (κ3) is 1.96. The molecule has 0 atom stereocenters. The van der Waals surface area contributed by atoms with E-state index in [9.17, 15) is 0 Å². The molecule has 3 aromatic rings. The van der Waals surface area contributed by atoms with E-state index in [0.29, 0.717) is 10.8 Å². The summed E-state index contributed by atoms with van der Waals surface area (Å²) in [6.07, 6.45) is 3.36. The highest BCUT2D eigenvalue weighted by Crippen LogP contribution is 2.20. The first-order chi connectivity index (χ1) is 8.72. The number of aromatic nitrogens is 4. The van der Waals surface area contributed by atoms with Crippen LogP contribution in [-0.4, -0.2) is 20.0 Å². The Labute approximate surface area is 108 Å². The molecule has 0 aliphatic rings. The number of aromatic amines is 1. The van der Waals surface area contributed by atoms with Crippen molar-refractivity contribution in [2.45, 2.75) is 0 Å². The predicted octanol–water partition coefficient (Wildman–Crippen LogP) is 2.50. The van der Waals surface area contributed by atoms with Gasteiger partial charge in [0.05, 0.1) is 22.6 Å². The highest BCUT2D eigenvalue weighted by Gasteiger charge is 2.03. The van der Waals surface area contributed by atoms with Gasteiger partial charge in [-0.1, -0.05) is 23.7 Å². The van der Waals surface area contributed by atoms with Gasteiger partial charge in [0.25, 0.3) is 0 Å². The predicted molar refractivity (Wildman–Crippen MR) is 70.6 cm³/mol. The minimum atomic E-state index is 0.480. The molecule has 3 rings (SSSR count). The second-order valence-electron chi connectivity index (χ2n) is 3.86. The third-order valence-corrected chi connectivity index (χ3v) is 2.79. The van der Waals surface area contributed by atoms with Crippen molar-refractivity contribution in [2.75, 3.05) is 5.73 Å². The summed E-state index contributed by atoms with van der Waals surface area (Å²) in [4.78, 5) is 0. The van der Waals surface area contributed by atoms with E-state index < -0.39 is 0 Å². The number of hydrogen-bond donors (Lipinski definition) is 2. The normalized spacial score (nSPS) is 10.7. The van der Waals surface area contributed by atoms with Crippen LogP contribution in [0.1, 0.15) is 0 Å². The maximum Gasteiger partial charge on any atom is 0.145 e. The zero-order valence-corrected chi connectivity index (χ0v) is 10.1. The van der Waals surface area contributed by atoms with E-state index >= 15 is 0 Å². The molecule has 0 fully saturated rings. The van der Waals surface area contributed by atoms with Gasteiger partial charge in [-0.2, -0.15) is 10.2 Å². The topological polar surface area (TPSA) is 72.5 Å². The standard InChI is InChI=1S/C12H10ClN5/c13-9-6-15-18(7-9)10-3-1-8(2-4-10)11-5-12(14)17-16-11/h1-7H,(H3,14,16,17). The molecule has 0 saturated carbocycles. The van der Waals surface area contributed by atoms with Crippen molar-refractivity contribution in [3.05, 3.63) is 47.7 Å². The average Bonchev–Trinajstić information content (AvgIpc) is 2.98. The van der Waals surface area contributed by atoms with Crippen molar-refractivity contribution in [3.8, 4) is 16.9 Å². The first kappa shape index (κ1) is 10.9. The summed E-state index contributed by atoms with van der Waals surface area (Å²) in [7, 11) is 0. The number of rotatable bonds is 2. The van der Waals surface area contributed by atoms with E-state index in [4.69, 9.17) is 17.3 Å². The summed E-state index contributed by atoms with van der Waals surface area (Å²) in [5.74, 6) is 0.480. The molecule has 2 heterocycles. The number of nitrogens with zero attached hydrogens (tertiary/aromatic N) is 3. The molecule has 0 radical (unpaired) electrons. The number of anilines is 1. The highest BCUT2D eigenvalue weighted by molar-refractivity contribution is 6.30. The van der Waals surface area contributed by atoms with Crippen LogP contribution in [0.5, 0.6) is 0 Å². The SMILES string of the molecule is Nc1cc(-c2ccc(-n3cc(Cl)cn3)cc2)[nH]n1. The highest BCUT2D eigenvalue weighted by atomic mass is 35.5. The Morgan fingerprint density at radius 1 is 1.22 bits per heavy atom. The Bertz CT molecular complexity index is 609. The maximum atomic E-state index is 5.83. The van der Waals surface area contributed by atoms with Crippen molar-refractivity contribution < 1.29 is 0 Å². The molecule has 3 N–H and O–H groups in total. The molecule has 0 spiro atoms. The van der Waals surface area contributed by atoms with Crippen LogP contribution in [-0.2, 0) is 0 Å². The summed E-state index contributed by atoms with van der Waals surface area (Å²) in [5.41, 5.74) is 8.41. The van der Waals surface area contributed by atoms with Gasteiger partial charge in [0.1, 0.15) is 5.82 Å². The Morgan fingerprint density at radius 3 is 2.56 bits per heavy atom. The first-order valence-corrected chi connectivity index (χ1v) is 5.72. The van der Waals surface area contributed by atoms with E-state index in [0.717, 1.165) is 16.9 Å². The minimum absolute atomic E-state index is 0.480. The van der Waals surface area contributed by atoms with Crippen molar-refractivity contribution >= 4 is 17.4 Å². The summed E-state index contributed by atoms with van der Waals surface area (Å²) in [5, 5.41) is 11.5. The van der Waals surface area contributed by atoms with Gasteiger partial charge in [-0.3, -0.25) is 5.10 Å². The lowest BCUT2D eigenvalue weighted by molar-refractivity contribution is 0.881. The molecular formula is C12H10ClN5. The molecule has 0 amide bonds. The van der Waals surface area contributed by atoms with Crippen molar-refractivity contribution in [1.82, 2.24) is 20.0 Å². The number of halogens is 1. The Hall–Kier alpha value is -2.27. The summed E-state index contributed by atoms with van der Waals surface area (Å²) < 4.78 is 1.72. The lowest BCUT2D eigenvalue weighted by atomic mass is 10.1. The lowest BCUT2D eigenvalue weighted by Crippen LogP contribution is -1.93. The Balaban J connectivity index is 1.94. The van der Waals surface area contributed by atoms with Crippen LogP contribution in [0, 0.1) is 0 Å². The number of H-pyrrole nitrogens is 1. The molecule has 18 heavy (non-hydrogen) atoms. The first-order valence-electron chi connectivity index (χ1n) is 5.34. The smallest absolute Gasteiger partial charge is 0.145 e. The fourth-order valence-electron chi connectivity index (χ4n) is 1.72. The number of nitrogens with one attached hydrogen (secondary N) is 1. The summed E-state index contributed by atoms with van der Waals surface area (Å²) in [6, 6.07) is 9.64. The Kier molecular flexibility index (Phi) is 2.53. The van der Waals surface area contributed by atoms with E-state index in [-0.39, 0.29) is 0 Å². The fraction of sp³-hybridized carbons (Fsp3) is 0. The lowest BCUT2D eigenvalue weighted by Gasteiger charge is -2.02. The van der Waals surface area contributed by atoms with Crippen LogP contribution in [0.25, 0.3) is 16.9 Å². The molecule has 0 saturated heterocycles. The van der Waals surface area contributed by atoms with Crippen LogP contribution in [0.2, 0.25) is 5.02 Å². The van der Waals surface area contributed by atoms with Gasteiger partial charge in [-0.25, -0.2) is 4.68 Å².